The monoisotopic (exact) mass is 253 g/mol. The van der Waals surface area contributed by atoms with Crippen LogP contribution in [0, 0.1) is 0 Å². The van der Waals surface area contributed by atoms with Crippen molar-refractivity contribution in [3.05, 3.63) is 65.9 Å². The number of rotatable bonds is 4. The molecule has 2 rings (SSSR count). The molecule has 0 aromatic heterocycles. The Bertz CT molecular complexity index is 566. The van der Waals surface area contributed by atoms with Crippen LogP contribution < -0.4 is 10.5 Å². The molecule has 0 atom stereocenters. The molecule has 0 aliphatic rings. The SMILES string of the molecule is COc1ccccc1-c1ccc(C/C=C(/C)N)cc1. The molecule has 2 nitrogen and oxygen atoms in total. The summed E-state index contributed by atoms with van der Waals surface area (Å²) in [5.74, 6) is 0.896. The van der Waals surface area contributed by atoms with Gasteiger partial charge >= 0.3 is 0 Å². The Hall–Kier alpha value is -2.22. The molecular weight excluding hydrogens is 234 g/mol. The van der Waals surface area contributed by atoms with Gasteiger partial charge in [0, 0.05) is 11.3 Å². The smallest absolute Gasteiger partial charge is 0.126 e. The molecule has 19 heavy (non-hydrogen) atoms. The second kappa shape index (κ2) is 6.10. The average molecular weight is 253 g/mol. The van der Waals surface area contributed by atoms with Crippen LogP contribution in [-0.4, -0.2) is 7.11 Å². The summed E-state index contributed by atoms with van der Waals surface area (Å²) in [6, 6.07) is 16.5. The van der Waals surface area contributed by atoms with E-state index in [1.807, 2.05) is 31.2 Å². The number of hydrogen-bond acceptors (Lipinski definition) is 2. The van der Waals surface area contributed by atoms with Gasteiger partial charge in [0.05, 0.1) is 7.11 Å². The third-order valence-electron chi connectivity index (χ3n) is 3.03. The standard InChI is InChI=1S/C17H19NO/c1-13(18)7-8-14-9-11-15(12-10-14)16-5-3-4-6-17(16)19-2/h3-7,9-12H,8,18H2,1-2H3/b13-7-. The van der Waals surface area contributed by atoms with Crippen molar-refractivity contribution in [1.82, 2.24) is 0 Å². The molecular formula is C17H19NO. The Morgan fingerprint density at radius 1 is 1.11 bits per heavy atom. The molecule has 0 spiro atoms. The zero-order chi connectivity index (χ0) is 13.7. The Morgan fingerprint density at radius 2 is 1.79 bits per heavy atom. The lowest BCUT2D eigenvalue weighted by molar-refractivity contribution is 0.416. The molecule has 2 aromatic rings. The number of methoxy groups -OCH3 is 1. The van der Waals surface area contributed by atoms with Gasteiger partial charge in [-0.3, -0.25) is 0 Å². The Labute approximate surface area is 114 Å². The zero-order valence-corrected chi connectivity index (χ0v) is 11.4. The maximum Gasteiger partial charge on any atom is 0.126 e. The lowest BCUT2D eigenvalue weighted by Crippen LogP contribution is -1.92. The third-order valence-corrected chi connectivity index (χ3v) is 3.03. The summed E-state index contributed by atoms with van der Waals surface area (Å²) < 4.78 is 5.38. The molecule has 2 heteroatoms. The van der Waals surface area contributed by atoms with Crippen LogP contribution in [0.25, 0.3) is 11.1 Å². The van der Waals surface area contributed by atoms with Crippen LogP contribution >= 0.6 is 0 Å². The highest BCUT2D eigenvalue weighted by Gasteiger charge is 2.04. The molecule has 0 saturated heterocycles. The minimum atomic E-state index is 0.855. The first-order chi connectivity index (χ1) is 9.20. The van der Waals surface area contributed by atoms with E-state index in [4.69, 9.17) is 10.5 Å². The van der Waals surface area contributed by atoms with Crippen molar-refractivity contribution in [2.45, 2.75) is 13.3 Å². The summed E-state index contributed by atoms with van der Waals surface area (Å²) in [7, 11) is 1.70. The van der Waals surface area contributed by atoms with E-state index in [9.17, 15) is 0 Å². The van der Waals surface area contributed by atoms with Gasteiger partial charge in [0.1, 0.15) is 5.75 Å². The topological polar surface area (TPSA) is 35.2 Å². The molecule has 0 amide bonds. The number of para-hydroxylation sites is 1. The quantitative estimate of drug-likeness (QED) is 0.900. The summed E-state index contributed by atoms with van der Waals surface area (Å²) in [5, 5.41) is 0. The van der Waals surface area contributed by atoms with Gasteiger partial charge < -0.3 is 10.5 Å². The minimum Gasteiger partial charge on any atom is -0.496 e. The first kappa shape index (κ1) is 13.2. The summed E-state index contributed by atoms with van der Waals surface area (Å²) >= 11 is 0. The first-order valence-corrected chi connectivity index (χ1v) is 6.35. The normalized spacial score (nSPS) is 11.4. The Morgan fingerprint density at radius 3 is 2.42 bits per heavy atom. The van der Waals surface area contributed by atoms with E-state index in [-0.39, 0.29) is 0 Å². The second-order valence-corrected chi connectivity index (χ2v) is 4.55. The van der Waals surface area contributed by atoms with Crippen LogP contribution in [0.1, 0.15) is 12.5 Å². The van der Waals surface area contributed by atoms with Crippen LogP contribution in [-0.2, 0) is 6.42 Å². The molecule has 0 saturated carbocycles. The van der Waals surface area contributed by atoms with Gasteiger partial charge in [0.15, 0.2) is 0 Å². The molecule has 2 N–H and O–H groups in total. The summed E-state index contributed by atoms with van der Waals surface area (Å²) in [5.41, 5.74) is 10.0. The lowest BCUT2D eigenvalue weighted by Gasteiger charge is -2.08. The van der Waals surface area contributed by atoms with E-state index in [0.29, 0.717) is 0 Å². The van der Waals surface area contributed by atoms with Gasteiger partial charge in [-0.05, 0) is 30.5 Å². The van der Waals surface area contributed by atoms with Crippen LogP contribution in [0.2, 0.25) is 0 Å². The molecule has 2 aromatic carbocycles. The van der Waals surface area contributed by atoms with Gasteiger partial charge in [0.25, 0.3) is 0 Å². The van der Waals surface area contributed by atoms with E-state index in [0.717, 1.165) is 29.0 Å². The predicted molar refractivity (Wildman–Crippen MR) is 80.1 cm³/mol. The number of allylic oxidation sites excluding steroid dienone is 2. The lowest BCUT2D eigenvalue weighted by atomic mass is 10.0. The fraction of sp³-hybridized carbons (Fsp3) is 0.176. The molecule has 98 valence electrons. The van der Waals surface area contributed by atoms with Gasteiger partial charge in [-0.1, -0.05) is 48.5 Å². The molecule has 0 bridgehead atoms. The molecule has 0 heterocycles. The van der Waals surface area contributed by atoms with Crippen molar-refractivity contribution in [1.29, 1.82) is 0 Å². The summed E-state index contributed by atoms with van der Waals surface area (Å²) in [4.78, 5) is 0. The summed E-state index contributed by atoms with van der Waals surface area (Å²) in [6.07, 6.45) is 2.90. The largest absolute Gasteiger partial charge is 0.496 e. The molecule has 0 fully saturated rings. The van der Waals surface area contributed by atoms with Gasteiger partial charge in [-0.2, -0.15) is 0 Å². The van der Waals surface area contributed by atoms with Gasteiger partial charge in [-0.25, -0.2) is 0 Å². The van der Waals surface area contributed by atoms with Crippen molar-refractivity contribution >= 4 is 0 Å². The fourth-order valence-corrected chi connectivity index (χ4v) is 1.98. The van der Waals surface area contributed by atoms with Crippen molar-refractivity contribution in [2.24, 2.45) is 5.73 Å². The van der Waals surface area contributed by atoms with E-state index in [2.05, 4.69) is 30.3 Å². The highest BCUT2D eigenvalue weighted by molar-refractivity contribution is 5.70. The second-order valence-electron chi connectivity index (χ2n) is 4.55. The highest BCUT2D eigenvalue weighted by Crippen LogP contribution is 2.29. The van der Waals surface area contributed by atoms with E-state index >= 15 is 0 Å². The van der Waals surface area contributed by atoms with Crippen molar-refractivity contribution in [2.75, 3.05) is 7.11 Å². The van der Waals surface area contributed by atoms with Crippen molar-refractivity contribution in [3.63, 3.8) is 0 Å². The number of hydrogen-bond donors (Lipinski definition) is 1. The molecule has 0 aliphatic carbocycles. The van der Waals surface area contributed by atoms with Crippen LogP contribution in [0.3, 0.4) is 0 Å². The number of benzene rings is 2. The summed E-state index contributed by atoms with van der Waals surface area (Å²) in [6.45, 7) is 1.91. The van der Waals surface area contributed by atoms with Crippen molar-refractivity contribution < 1.29 is 4.74 Å². The first-order valence-electron chi connectivity index (χ1n) is 6.35. The van der Waals surface area contributed by atoms with Gasteiger partial charge in [-0.15, -0.1) is 0 Å². The average Bonchev–Trinajstić information content (AvgIpc) is 2.45. The molecule has 0 aliphatic heterocycles. The van der Waals surface area contributed by atoms with E-state index in [1.54, 1.807) is 7.11 Å². The molecule has 0 unspecified atom stereocenters. The van der Waals surface area contributed by atoms with Gasteiger partial charge in [0.2, 0.25) is 0 Å². The third kappa shape index (κ3) is 3.38. The number of ether oxygens (including phenoxy) is 1. The van der Waals surface area contributed by atoms with E-state index in [1.165, 1.54) is 5.56 Å². The fourth-order valence-electron chi connectivity index (χ4n) is 1.98. The highest BCUT2D eigenvalue weighted by atomic mass is 16.5. The maximum absolute atomic E-state index is 5.64. The van der Waals surface area contributed by atoms with Crippen molar-refractivity contribution in [3.8, 4) is 16.9 Å². The Balaban J connectivity index is 2.25. The minimum absolute atomic E-state index is 0.855. The molecule has 0 radical (unpaired) electrons. The van der Waals surface area contributed by atoms with Crippen LogP contribution in [0.15, 0.2) is 60.3 Å². The zero-order valence-electron chi connectivity index (χ0n) is 11.4. The van der Waals surface area contributed by atoms with Crippen LogP contribution in [0.5, 0.6) is 5.75 Å². The van der Waals surface area contributed by atoms with Crippen LogP contribution in [0.4, 0.5) is 0 Å². The number of nitrogens with two attached hydrogens (primary N) is 1. The van der Waals surface area contributed by atoms with E-state index < -0.39 is 0 Å². The Kier molecular flexibility index (Phi) is 4.24. The predicted octanol–water partition coefficient (Wildman–Crippen LogP) is 3.77. The maximum atomic E-state index is 5.64.